The molecule has 0 aromatic heterocycles. The molecular formula is C13H39N3O25P8. The summed E-state index contributed by atoms with van der Waals surface area (Å²) < 4.78 is 96.0. The van der Waals surface area contributed by atoms with Gasteiger partial charge in [0.25, 0.3) is 0 Å². The monoisotopic (exact) mass is 885 g/mol. The molecule has 0 heterocycles. The number of aliphatic hydroxyl groups is 1. The van der Waals surface area contributed by atoms with Crippen LogP contribution in [-0.4, -0.2) is 160 Å². The van der Waals surface area contributed by atoms with E-state index in [1.165, 1.54) is 0 Å². The lowest BCUT2D eigenvalue weighted by Crippen LogP contribution is -2.45. The molecule has 0 spiro atoms. The van der Waals surface area contributed by atoms with Crippen LogP contribution in [0, 0.1) is 0 Å². The molecule has 0 saturated heterocycles. The van der Waals surface area contributed by atoms with Gasteiger partial charge in [-0.25, -0.2) is 0 Å². The van der Waals surface area contributed by atoms with Gasteiger partial charge in [0.15, 0.2) is 0 Å². The molecule has 296 valence electrons. The molecule has 0 aliphatic rings. The molecule has 49 heavy (non-hydrogen) atoms. The second kappa shape index (κ2) is 18.1. The summed E-state index contributed by atoms with van der Waals surface area (Å²) in [7, 11) is -49.3. The smallest absolute Gasteiger partial charge is 0.355 e. The average Bonchev–Trinajstić information content (AvgIpc) is 2.74. The fourth-order valence-electron chi connectivity index (χ4n) is 4.61. The second-order valence-corrected chi connectivity index (χ2v) is 25.2. The van der Waals surface area contributed by atoms with Crippen LogP contribution in [0.3, 0.4) is 0 Å². The maximum atomic E-state index is 12.0. The van der Waals surface area contributed by atoms with E-state index in [4.69, 9.17) is 0 Å². The Morgan fingerprint density at radius 2 is 0.510 bits per heavy atom. The lowest BCUT2D eigenvalue weighted by atomic mass is 10.3. The predicted octanol–water partition coefficient (Wildman–Crippen LogP) is -3.39. The molecule has 28 nitrogen and oxygen atoms in total. The van der Waals surface area contributed by atoms with E-state index in [2.05, 4.69) is 0 Å². The van der Waals surface area contributed by atoms with Gasteiger partial charge in [-0.15, -0.1) is 0 Å². The van der Waals surface area contributed by atoms with Crippen LogP contribution in [-0.2, 0) is 36.5 Å². The highest BCUT2D eigenvalue weighted by molar-refractivity contribution is 7.73. The van der Waals surface area contributed by atoms with Crippen molar-refractivity contribution in [2.75, 3.05) is 39.3 Å². The summed E-state index contributed by atoms with van der Waals surface area (Å²) in [5, 5.41) is 9.21. The zero-order chi connectivity index (χ0) is 39.4. The van der Waals surface area contributed by atoms with E-state index < -0.39 is 138 Å². The minimum atomic E-state index is -6.16. The van der Waals surface area contributed by atoms with Gasteiger partial charge in [-0.2, -0.15) is 0 Å². The Hall–Kier alpha value is 1.04. The van der Waals surface area contributed by atoms with Crippen LogP contribution in [0.2, 0.25) is 0 Å². The number of aliphatic hydroxyl groups excluding tert-OH is 1. The van der Waals surface area contributed by atoms with Crippen LogP contribution < -0.4 is 0 Å². The van der Waals surface area contributed by atoms with Gasteiger partial charge in [0.2, 0.25) is 22.1 Å². The zero-order valence-corrected chi connectivity index (χ0v) is 31.6. The van der Waals surface area contributed by atoms with Crippen molar-refractivity contribution in [1.29, 1.82) is 0 Å². The van der Waals surface area contributed by atoms with Crippen molar-refractivity contribution in [3.63, 3.8) is 0 Å². The number of nitrogens with zero attached hydrogens (tertiary/aromatic N) is 3. The molecule has 0 aliphatic heterocycles. The molecule has 0 radical (unpaired) electrons. The highest BCUT2D eigenvalue weighted by Gasteiger charge is 2.59. The van der Waals surface area contributed by atoms with Crippen LogP contribution in [0.5, 0.6) is 0 Å². The predicted molar refractivity (Wildman–Crippen MR) is 162 cm³/mol. The first kappa shape index (κ1) is 50.0. The molecular weight excluding hydrogens is 846 g/mol. The third-order valence-electron chi connectivity index (χ3n) is 6.01. The quantitative estimate of drug-likeness (QED) is 0.0445. The first-order chi connectivity index (χ1) is 21.4. The van der Waals surface area contributed by atoms with Gasteiger partial charge < -0.3 is 88.3 Å². The van der Waals surface area contributed by atoms with Gasteiger partial charge in [0, 0.05) is 26.2 Å². The topological polar surface area (TPSA) is 490 Å². The summed E-state index contributed by atoms with van der Waals surface area (Å²) in [4.78, 5) is 153. The van der Waals surface area contributed by atoms with Gasteiger partial charge in [0.05, 0.1) is 0 Å². The van der Waals surface area contributed by atoms with Crippen molar-refractivity contribution >= 4 is 60.8 Å². The normalized spacial score (nSPS) is 15.3. The third kappa shape index (κ3) is 16.5. The molecule has 0 aromatic carbocycles. The van der Waals surface area contributed by atoms with Crippen molar-refractivity contribution in [3.05, 3.63) is 0 Å². The molecule has 36 heteroatoms. The number of rotatable bonds is 23. The van der Waals surface area contributed by atoms with E-state index in [1.54, 1.807) is 0 Å². The minimum absolute atomic E-state index is 0.157. The summed E-state index contributed by atoms with van der Waals surface area (Å²) >= 11 is 0. The standard InChI is InChI=1S/C13H39N3O25P8/c17-9-3-6-14(4-1-7-15(10(42(18,19)20)43(21,22)23)11(44(24,25)26)45(27,28)29)5-2-8-16(12(46(30,31)32)47(33,34)35)13(48(36,37)38)49(39,40)41/h10-13,17H,1-9H2,(H2,18,19,20)(H2,21,22,23)(H2,24,25,26)(H2,27,28,29)(H2,30,31,32)(H2,33,34,35)(H2,36,37,38)(H2,39,40,41). The molecule has 0 saturated carbocycles. The summed E-state index contributed by atoms with van der Waals surface area (Å²) in [6, 6.07) is 0. The van der Waals surface area contributed by atoms with Crippen molar-refractivity contribution in [1.82, 2.24) is 14.7 Å². The average molecular weight is 885 g/mol. The van der Waals surface area contributed by atoms with Crippen LogP contribution >= 0.6 is 60.8 Å². The Labute approximate surface area is 276 Å². The van der Waals surface area contributed by atoms with E-state index in [9.17, 15) is 120 Å². The van der Waals surface area contributed by atoms with Crippen molar-refractivity contribution < 1.29 is 120 Å². The minimum Gasteiger partial charge on any atom is -0.396 e. The highest BCUT2D eigenvalue weighted by Crippen LogP contribution is 2.70. The van der Waals surface area contributed by atoms with Gasteiger partial charge in [0.1, 0.15) is 0 Å². The van der Waals surface area contributed by atoms with E-state index >= 15 is 0 Å². The first-order valence-electron chi connectivity index (χ1n) is 12.7. The van der Waals surface area contributed by atoms with Gasteiger partial charge in [-0.1, -0.05) is 0 Å². The molecule has 0 fully saturated rings. The first-order valence-corrected chi connectivity index (χ1v) is 26.1. The molecule has 0 amide bonds. The number of hydrogen-bond acceptors (Lipinski definition) is 12. The fraction of sp³-hybridized carbons (Fsp3) is 1.00. The molecule has 0 aromatic rings. The molecule has 0 atom stereocenters. The summed E-state index contributed by atoms with van der Waals surface area (Å²) in [5.41, 5.74) is -14.0. The fourth-order valence-corrected chi connectivity index (χ4v) is 16.8. The Balaban J connectivity index is 6.69. The van der Waals surface area contributed by atoms with Gasteiger partial charge >= 0.3 is 60.8 Å². The van der Waals surface area contributed by atoms with Crippen molar-refractivity contribution in [2.45, 2.75) is 41.4 Å². The Bertz CT molecular complexity index is 1190. The molecule has 0 unspecified atom stereocenters. The lowest BCUT2D eigenvalue weighted by Gasteiger charge is -2.38. The zero-order valence-electron chi connectivity index (χ0n) is 24.5. The Kier molecular flexibility index (Phi) is 18.5. The van der Waals surface area contributed by atoms with Crippen LogP contribution in [0.25, 0.3) is 0 Å². The van der Waals surface area contributed by atoms with Crippen molar-refractivity contribution in [2.24, 2.45) is 0 Å². The molecule has 0 aliphatic carbocycles. The largest absolute Gasteiger partial charge is 0.396 e. The Morgan fingerprint density at radius 1 is 0.327 bits per heavy atom. The maximum Gasteiger partial charge on any atom is 0.355 e. The maximum absolute atomic E-state index is 12.0. The van der Waals surface area contributed by atoms with Gasteiger partial charge in [-0.05, 0) is 32.4 Å². The third-order valence-corrected chi connectivity index (χ3v) is 20.4. The van der Waals surface area contributed by atoms with Gasteiger partial charge in [-0.3, -0.25) is 46.3 Å². The van der Waals surface area contributed by atoms with Crippen LogP contribution in [0.1, 0.15) is 19.3 Å². The summed E-state index contributed by atoms with van der Waals surface area (Å²) in [5.74, 6) is 0. The van der Waals surface area contributed by atoms with Crippen LogP contribution in [0.15, 0.2) is 0 Å². The molecule has 0 rings (SSSR count). The van der Waals surface area contributed by atoms with E-state index in [0.29, 0.717) is 0 Å². The molecule has 17 N–H and O–H groups in total. The summed E-state index contributed by atoms with van der Waals surface area (Å²) in [6.45, 7) is -4.52. The summed E-state index contributed by atoms with van der Waals surface area (Å²) in [6.07, 6.45) is -1.62. The molecule has 0 bridgehead atoms. The van der Waals surface area contributed by atoms with E-state index in [-0.39, 0.29) is 13.0 Å². The van der Waals surface area contributed by atoms with E-state index in [0.717, 1.165) is 4.90 Å². The second-order valence-electron chi connectivity index (χ2n) is 10.2. The van der Waals surface area contributed by atoms with E-state index in [1.807, 2.05) is 0 Å². The SMILES string of the molecule is O=P(O)(O)C(N(CCCN(CCCO)CCCN(C(P(=O)(O)O)P(=O)(O)O)C(P(=O)(O)O)P(=O)(O)O)C(P(=O)(O)O)P(=O)(O)O)P(=O)(O)O. The van der Waals surface area contributed by atoms with Crippen molar-refractivity contribution in [3.8, 4) is 0 Å². The number of hydrogen-bond donors (Lipinski definition) is 17. The highest BCUT2D eigenvalue weighted by atomic mass is 31.3. The lowest BCUT2D eigenvalue weighted by molar-refractivity contribution is 0.170. The Morgan fingerprint density at radius 3 is 0.673 bits per heavy atom. The van der Waals surface area contributed by atoms with Crippen LogP contribution in [0.4, 0.5) is 0 Å².